The highest BCUT2D eigenvalue weighted by atomic mass is 19.4. The summed E-state index contributed by atoms with van der Waals surface area (Å²) < 4.78 is 80.1. The van der Waals surface area contributed by atoms with Crippen molar-refractivity contribution >= 4 is 0 Å². The van der Waals surface area contributed by atoms with Crippen LogP contribution in [0, 0.1) is 0 Å². The maximum Gasteiger partial charge on any atom is 0.573 e. The molecule has 2 rings (SSSR count). The van der Waals surface area contributed by atoms with E-state index in [1.807, 2.05) is 0 Å². The molecule has 1 heterocycles. The summed E-state index contributed by atoms with van der Waals surface area (Å²) >= 11 is 0. The number of piperazine rings is 1. The van der Waals surface area contributed by atoms with Gasteiger partial charge < -0.3 is 10.1 Å². The van der Waals surface area contributed by atoms with Gasteiger partial charge in [0.15, 0.2) is 0 Å². The van der Waals surface area contributed by atoms with Crippen molar-refractivity contribution in [2.45, 2.75) is 25.0 Å². The Kier molecular flexibility index (Phi) is 5.41. The summed E-state index contributed by atoms with van der Waals surface area (Å²) in [6.07, 6.45) is -10.7. The molecule has 0 radical (unpaired) electrons. The topological polar surface area (TPSA) is 24.5 Å². The highest BCUT2D eigenvalue weighted by Crippen LogP contribution is 2.39. The number of alkyl halides is 6. The maximum absolute atomic E-state index is 12.9. The normalized spacial score (nSPS) is 18.7. The number of ether oxygens (including phenoxy) is 1. The van der Waals surface area contributed by atoms with Crippen LogP contribution in [0.5, 0.6) is 5.75 Å². The minimum Gasteiger partial charge on any atom is -0.405 e. The average molecular weight is 342 g/mol. The predicted octanol–water partition coefficient (Wildman–Crippen LogP) is 3.48. The molecular formula is C14H16F6N2O. The van der Waals surface area contributed by atoms with Crippen LogP contribution in [-0.4, -0.2) is 43.6 Å². The van der Waals surface area contributed by atoms with Crippen LogP contribution < -0.4 is 10.1 Å². The summed E-state index contributed by atoms with van der Waals surface area (Å²) in [5.74, 6) is -0.590. The minimum atomic E-state index is -4.96. The molecule has 1 saturated heterocycles. The Morgan fingerprint density at radius 3 is 2.22 bits per heavy atom. The molecule has 0 saturated carbocycles. The van der Waals surface area contributed by atoms with Gasteiger partial charge in [-0.05, 0) is 6.07 Å². The van der Waals surface area contributed by atoms with Crippen molar-refractivity contribution in [2.75, 3.05) is 26.2 Å². The van der Waals surface area contributed by atoms with Crippen LogP contribution in [0.2, 0.25) is 0 Å². The SMILES string of the molecule is FC(F)(F)C[C@@H](c1ccccc1OC(F)(F)F)N1CCNCC1. The van der Waals surface area contributed by atoms with Crippen molar-refractivity contribution < 1.29 is 31.1 Å². The van der Waals surface area contributed by atoms with Crippen LogP contribution in [-0.2, 0) is 0 Å². The van der Waals surface area contributed by atoms with Crippen LogP contribution in [0.3, 0.4) is 0 Å². The Morgan fingerprint density at radius 2 is 1.65 bits per heavy atom. The zero-order chi connectivity index (χ0) is 17.1. The second-order valence-electron chi connectivity index (χ2n) is 5.21. The summed E-state index contributed by atoms with van der Waals surface area (Å²) in [6.45, 7) is 1.61. The summed E-state index contributed by atoms with van der Waals surface area (Å²) in [4.78, 5) is 1.53. The zero-order valence-corrected chi connectivity index (χ0v) is 12.0. The van der Waals surface area contributed by atoms with E-state index >= 15 is 0 Å². The van der Waals surface area contributed by atoms with Gasteiger partial charge in [-0.15, -0.1) is 13.2 Å². The molecule has 23 heavy (non-hydrogen) atoms. The molecule has 1 aliphatic heterocycles. The number of nitrogens with one attached hydrogen (secondary N) is 1. The number of rotatable bonds is 4. The van der Waals surface area contributed by atoms with Crippen LogP contribution in [0.15, 0.2) is 24.3 Å². The molecule has 0 amide bonds. The molecule has 9 heteroatoms. The molecule has 1 aromatic carbocycles. The van der Waals surface area contributed by atoms with E-state index in [0.29, 0.717) is 26.2 Å². The lowest BCUT2D eigenvalue weighted by atomic mass is 9.99. The number of para-hydroxylation sites is 1. The predicted molar refractivity (Wildman–Crippen MR) is 71.0 cm³/mol. The molecular weight excluding hydrogens is 326 g/mol. The molecule has 3 nitrogen and oxygen atoms in total. The van der Waals surface area contributed by atoms with E-state index in [-0.39, 0.29) is 5.56 Å². The minimum absolute atomic E-state index is 0.107. The number of benzene rings is 1. The monoisotopic (exact) mass is 342 g/mol. The summed E-state index contributed by atoms with van der Waals surface area (Å²) in [6, 6.07) is 3.78. The van der Waals surface area contributed by atoms with Crippen LogP contribution >= 0.6 is 0 Å². The number of hydrogen-bond acceptors (Lipinski definition) is 3. The molecule has 0 spiro atoms. The lowest BCUT2D eigenvalue weighted by molar-refractivity contribution is -0.275. The van der Waals surface area contributed by atoms with E-state index in [1.54, 1.807) is 0 Å². The smallest absolute Gasteiger partial charge is 0.405 e. The molecule has 1 atom stereocenters. The lowest BCUT2D eigenvalue weighted by Gasteiger charge is -2.36. The highest BCUT2D eigenvalue weighted by Gasteiger charge is 2.39. The largest absolute Gasteiger partial charge is 0.573 e. The van der Waals surface area contributed by atoms with Crippen molar-refractivity contribution in [3.05, 3.63) is 29.8 Å². The first-order valence-electron chi connectivity index (χ1n) is 7.02. The van der Waals surface area contributed by atoms with Gasteiger partial charge in [-0.1, -0.05) is 18.2 Å². The van der Waals surface area contributed by atoms with Gasteiger partial charge in [-0.2, -0.15) is 13.2 Å². The Bertz CT molecular complexity index is 511. The summed E-state index contributed by atoms with van der Waals surface area (Å²) in [5, 5.41) is 3.00. The molecule has 0 unspecified atom stereocenters. The molecule has 1 aliphatic rings. The molecule has 1 aromatic rings. The molecule has 130 valence electrons. The van der Waals surface area contributed by atoms with Gasteiger partial charge in [-0.25, -0.2) is 0 Å². The van der Waals surface area contributed by atoms with Crippen molar-refractivity contribution in [1.29, 1.82) is 0 Å². The van der Waals surface area contributed by atoms with Crippen molar-refractivity contribution in [1.82, 2.24) is 10.2 Å². The van der Waals surface area contributed by atoms with E-state index in [2.05, 4.69) is 10.1 Å². The second-order valence-corrected chi connectivity index (χ2v) is 5.21. The molecule has 0 bridgehead atoms. The first-order valence-corrected chi connectivity index (χ1v) is 7.02. The van der Waals surface area contributed by atoms with E-state index in [9.17, 15) is 26.3 Å². The first-order chi connectivity index (χ1) is 10.7. The van der Waals surface area contributed by atoms with E-state index in [4.69, 9.17) is 0 Å². The summed E-state index contributed by atoms with van der Waals surface area (Å²) in [7, 11) is 0. The van der Waals surface area contributed by atoms with Gasteiger partial charge in [0.25, 0.3) is 0 Å². The van der Waals surface area contributed by atoms with E-state index in [0.717, 1.165) is 6.07 Å². The standard InChI is InChI=1S/C14H16F6N2O/c15-13(16,17)9-11(22-7-5-21-6-8-22)10-3-1-2-4-12(10)23-14(18,19)20/h1-4,11,21H,5-9H2/t11-/m0/s1. The number of nitrogens with zero attached hydrogens (tertiary/aromatic N) is 1. The van der Waals surface area contributed by atoms with Gasteiger partial charge in [-0.3, -0.25) is 4.90 Å². The van der Waals surface area contributed by atoms with E-state index < -0.39 is 30.8 Å². The fraction of sp³-hybridized carbons (Fsp3) is 0.571. The Labute approximate surface area is 129 Å². The highest BCUT2D eigenvalue weighted by molar-refractivity contribution is 5.36. The quantitative estimate of drug-likeness (QED) is 0.848. The third-order valence-corrected chi connectivity index (χ3v) is 3.52. The average Bonchev–Trinajstić information content (AvgIpc) is 2.44. The molecule has 0 aliphatic carbocycles. The fourth-order valence-electron chi connectivity index (χ4n) is 2.62. The first kappa shape index (κ1) is 17.9. The van der Waals surface area contributed by atoms with Gasteiger partial charge in [0.1, 0.15) is 5.75 Å². The molecule has 1 fully saturated rings. The Hall–Kier alpha value is -1.48. The van der Waals surface area contributed by atoms with Gasteiger partial charge in [0.05, 0.1) is 6.42 Å². The van der Waals surface area contributed by atoms with Crippen molar-refractivity contribution in [3.8, 4) is 5.75 Å². The molecule has 0 aromatic heterocycles. The second kappa shape index (κ2) is 6.96. The van der Waals surface area contributed by atoms with Crippen LogP contribution in [0.4, 0.5) is 26.3 Å². The molecule has 1 N–H and O–H groups in total. The lowest BCUT2D eigenvalue weighted by Crippen LogP contribution is -2.46. The third-order valence-electron chi connectivity index (χ3n) is 3.52. The van der Waals surface area contributed by atoms with Crippen LogP contribution in [0.1, 0.15) is 18.0 Å². The zero-order valence-electron chi connectivity index (χ0n) is 12.0. The summed E-state index contributed by atoms with van der Waals surface area (Å²) in [5.41, 5.74) is -0.107. The Morgan fingerprint density at radius 1 is 1.04 bits per heavy atom. The van der Waals surface area contributed by atoms with Gasteiger partial charge >= 0.3 is 12.5 Å². The van der Waals surface area contributed by atoms with Crippen LogP contribution in [0.25, 0.3) is 0 Å². The third kappa shape index (κ3) is 5.58. The Balaban J connectivity index is 2.34. The van der Waals surface area contributed by atoms with E-state index in [1.165, 1.54) is 23.1 Å². The fourth-order valence-corrected chi connectivity index (χ4v) is 2.62. The number of halogens is 6. The van der Waals surface area contributed by atoms with Gasteiger partial charge in [0.2, 0.25) is 0 Å². The maximum atomic E-state index is 12.9. The van der Waals surface area contributed by atoms with Gasteiger partial charge in [0, 0.05) is 37.8 Å². The number of hydrogen-bond donors (Lipinski definition) is 1. The van der Waals surface area contributed by atoms with Crippen molar-refractivity contribution in [3.63, 3.8) is 0 Å². The van der Waals surface area contributed by atoms with Crippen molar-refractivity contribution in [2.24, 2.45) is 0 Å².